The highest BCUT2D eigenvalue weighted by atomic mass is 16.5. The maximum atomic E-state index is 12.1. The van der Waals surface area contributed by atoms with Crippen molar-refractivity contribution >= 4 is 17.6 Å². The van der Waals surface area contributed by atoms with E-state index in [4.69, 9.17) is 4.74 Å². The van der Waals surface area contributed by atoms with Gasteiger partial charge in [-0.3, -0.25) is 23.9 Å². The summed E-state index contributed by atoms with van der Waals surface area (Å²) < 4.78 is 6.02. The third kappa shape index (κ3) is 4.90. The third-order valence-electron chi connectivity index (χ3n) is 3.51. The Kier molecular flexibility index (Phi) is 5.53. The highest BCUT2D eigenvalue weighted by Crippen LogP contribution is 2.16. The number of esters is 1. The molecule has 132 valence electrons. The number of hydrogen-bond acceptors (Lipinski definition) is 5. The van der Waals surface area contributed by atoms with Gasteiger partial charge in [-0.25, -0.2) is 4.79 Å². The van der Waals surface area contributed by atoms with E-state index in [0.717, 1.165) is 21.8 Å². The molecule has 0 fully saturated rings. The molecule has 0 radical (unpaired) electrons. The van der Waals surface area contributed by atoms with Crippen LogP contribution in [0.2, 0.25) is 0 Å². The van der Waals surface area contributed by atoms with Gasteiger partial charge in [-0.2, -0.15) is 0 Å². The van der Waals surface area contributed by atoms with Crippen LogP contribution in [0.15, 0.2) is 40.1 Å². The SMILES string of the molecule is Cc1ccc(NC(=O)[C@@H](C)OC(=O)Cn2ccc(=O)[nH]c2=O)c(C)c1. The van der Waals surface area contributed by atoms with E-state index in [-0.39, 0.29) is 0 Å². The van der Waals surface area contributed by atoms with Gasteiger partial charge in [0.2, 0.25) is 0 Å². The van der Waals surface area contributed by atoms with Gasteiger partial charge in [0.15, 0.2) is 6.10 Å². The zero-order chi connectivity index (χ0) is 18.6. The molecule has 0 unspecified atom stereocenters. The first-order chi connectivity index (χ1) is 11.8. The molecule has 1 heterocycles. The number of carbonyl (C=O) groups is 2. The van der Waals surface area contributed by atoms with Crippen molar-refractivity contribution in [1.82, 2.24) is 9.55 Å². The number of benzene rings is 1. The Morgan fingerprint density at radius 3 is 2.60 bits per heavy atom. The molecule has 2 N–H and O–H groups in total. The minimum Gasteiger partial charge on any atom is -0.451 e. The number of carbonyl (C=O) groups excluding carboxylic acids is 2. The molecule has 1 aromatic carbocycles. The molecular weight excluding hydrogens is 326 g/mol. The van der Waals surface area contributed by atoms with Crippen LogP contribution < -0.4 is 16.6 Å². The number of aromatic amines is 1. The predicted octanol–water partition coefficient (Wildman–Crippen LogP) is 0.724. The van der Waals surface area contributed by atoms with E-state index >= 15 is 0 Å². The third-order valence-corrected chi connectivity index (χ3v) is 3.51. The molecule has 0 bridgehead atoms. The lowest BCUT2D eigenvalue weighted by Gasteiger charge is -2.15. The molecule has 1 amide bonds. The maximum Gasteiger partial charge on any atom is 0.328 e. The molecule has 1 aromatic heterocycles. The molecule has 0 saturated heterocycles. The van der Waals surface area contributed by atoms with Crippen LogP contribution in [0.1, 0.15) is 18.1 Å². The van der Waals surface area contributed by atoms with Gasteiger partial charge in [0.25, 0.3) is 11.5 Å². The summed E-state index contributed by atoms with van der Waals surface area (Å²) in [6.07, 6.45) is 0.148. The minimum absolute atomic E-state index is 0.406. The molecule has 0 aliphatic heterocycles. The van der Waals surface area contributed by atoms with Crippen molar-refractivity contribution in [3.63, 3.8) is 0 Å². The van der Waals surface area contributed by atoms with Gasteiger partial charge >= 0.3 is 11.7 Å². The Morgan fingerprint density at radius 1 is 1.24 bits per heavy atom. The topological polar surface area (TPSA) is 110 Å². The van der Waals surface area contributed by atoms with E-state index in [1.807, 2.05) is 31.0 Å². The van der Waals surface area contributed by atoms with Gasteiger partial charge in [0.1, 0.15) is 6.54 Å². The number of aromatic nitrogens is 2. The average molecular weight is 345 g/mol. The summed E-state index contributed by atoms with van der Waals surface area (Å²) in [4.78, 5) is 48.5. The van der Waals surface area contributed by atoms with Crippen LogP contribution in [0, 0.1) is 13.8 Å². The first-order valence-electron chi connectivity index (χ1n) is 7.63. The number of nitrogens with one attached hydrogen (secondary N) is 2. The van der Waals surface area contributed by atoms with Crippen LogP contribution in [0.3, 0.4) is 0 Å². The standard InChI is InChI=1S/C17H19N3O5/c1-10-4-5-13(11(2)8-10)18-16(23)12(3)25-15(22)9-20-7-6-14(21)19-17(20)24/h4-8,12H,9H2,1-3H3,(H,18,23)(H,19,21,24)/t12-/m1/s1. The zero-order valence-electron chi connectivity index (χ0n) is 14.2. The molecule has 25 heavy (non-hydrogen) atoms. The summed E-state index contributed by atoms with van der Waals surface area (Å²) in [6, 6.07) is 6.68. The number of aryl methyl sites for hydroxylation is 2. The van der Waals surface area contributed by atoms with Crippen molar-refractivity contribution in [1.29, 1.82) is 0 Å². The fourth-order valence-electron chi connectivity index (χ4n) is 2.18. The lowest BCUT2D eigenvalue weighted by molar-refractivity contribution is -0.153. The van der Waals surface area contributed by atoms with Crippen LogP contribution in [0.25, 0.3) is 0 Å². The van der Waals surface area contributed by atoms with Crippen LogP contribution in [-0.2, 0) is 20.9 Å². The highest BCUT2D eigenvalue weighted by molar-refractivity contribution is 5.95. The average Bonchev–Trinajstić information content (AvgIpc) is 2.52. The summed E-state index contributed by atoms with van der Waals surface area (Å²) in [5.74, 6) is -1.24. The van der Waals surface area contributed by atoms with E-state index in [0.29, 0.717) is 5.69 Å². The van der Waals surface area contributed by atoms with Crippen molar-refractivity contribution in [3.8, 4) is 0 Å². The Balaban J connectivity index is 1.97. The van der Waals surface area contributed by atoms with Crippen molar-refractivity contribution in [2.45, 2.75) is 33.4 Å². The summed E-state index contributed by atoms with van der Waals surface area (Å²) in [5.41, 5.74) is 1.32. The van der Waals surface area contributed by atoms with Gasteiger partial charge < -0.3 is 10.1 Å². The minimum atomic E-state index is -1.04. The Bertz CT molecular complexity index is 913. The van der Waals surface area contributed by atoms with Gasteiger partial charge in [-0.15, -0.1) is 0 Å². The fourth-order valence-corrected chi connectivity index (χ4v) is 2.18. The monoisotopic (exact) mass is 345 g/mol. The number of hydrogen-bond donors (Lipinski definition) is 2. The lowest BCUT2D eigenvalue weighted by atomic mass is 10.1. The van der Waals surface area contributed by atoms with Crippen LogP contribution in [0.4, 0.5) is 5.69 Å². The molecule has 0 aliphatic carbocycles. The number of H-pyrrole nitrogens is 1. The molecule has 0 spiro atoms. The molecule has 8 heteroatoms. The second-order valence-electron chi connectivity index (χ2n) is 5.68. The second kappa shape index (κ2) is 7.61. The van der Waals surface area contributed by atoms with Gasteiger partial charge in [-0.1, -0.05) is 17.7 Å². The number of amides is 1. The molecule has 1 atom stereocenters. The summed E-state index contributed by atoms with van der Waals surface area (Å²) in [6.45, 7) is 4.84. The van der Waals surface area contributed by atoms with Crippen LogP contribution in [0.5, 0.6) is 0 Å². The summed E-state index contributed by atoms with van der Waals surface area (Å²) in [5, 5.41) is 2.69. The van der Waals surface area contributed by atoms with E-state index in [2.05, 4.69) is 5.32 Å². The van der Waals surface area contributed by atoms with Crippen LogP contribution in [-0.4, -0.2) is 27.5 Å². The molecule has 2 aromatic rings. The lowest BCUT2D eigenvalue weighted by Crippen LogP contribution is -2.35. The van der Waals surface area contributed by atoms with E-state index < -0.39 is 35.8 Å². The first kappa shape index (κ1) is 18.2. The van der Waals surface area contributed by atoms with Gasteiger partial charge in [0, 0.05) is 18.0 Å². The number of anilines is 1. The summed E-state index contributed by atoms with van der Waals surface area (Å²) >= 11 is 0. The number of nitrogens with zero attached hydrogens (tertiary/aromatic N) is 1. The second-order valence-corrected chi connectivity index (χ2v) is 5.68. The molecule has 0 saturated carbocycles. The normalized spacial score (nSPS) is 11.6. The first-order valence-corrected chi connectivity index (χ1v) is 7.63. The van der Waals surface area contributed by atoms with Crippen molar-refractivity contribution in [2.24, 2.45) is 0 Å². The van der Waals surface area contributed by atoms with Crippen molar-refractivity contribution < 1.29 is 14.3 Å². The number of rotatable bonds is 5. The smallest absolute Gasteiger partial charge is 0.328 e. The van der Waals surface area contributed by atoms with Gasteiger partial charge in [0.05, 0.1) is 0 Å². The molecule has 0 aliphatic rings. The maximum absolute atomic E-state index is 12.1. The fraction of sp³-hybridized carbons (Fsp3) is 0.294. The van der Waals surface area contributed by atoms with Crippen molar-refractivity contribution in [3.05, 3.63) is 62.4 Å². The quantitative estimate of drug-likeness (QED) is 0.776. The van der Waals surface area contributed by atoms with Gasteiger partial charge in [-0.05, 0) is 32.4 Å². The molecular formula is C17H19N3O5. The summed E-state index contributed by atoms with van der Waals surface area (Å²) in [7, 11) is 0. The number of ether oxygens (including phenoxy) is 1. The van der Waals surface area contributed by atoms with E-state index in [1.165, 1.54) is 13.1 Å². The predicted molar refractivity (Wildman–Crippen MR) is 91.4 cm³/mol. The van der Waals surface area contributed by atoms with E-state index in [9.17, 15) is 19.2 Å². The zero-order valence-corrected chi connectivity index (χ0v) is 14.2. The Hall–Kier alpha value is -3.16. The largest absolute Gasteiger partial charge is 0.451 e. The van der Waals surface area contributed by atoms with Crippen LogP contribution >= 0.6 is 0 Å². The Labute approximate surface area is 143 Å². The molecule has 8 nitrogen and oxygen atoms in total. The highest BCUT2D eigenvalue weighted by Gasteiger charge is 2.19. The van der Waals surface area contributed by atoms with E-state index in [1.54, 1.807) is 6.07 Å². The molecule has 2 rings (SSSR count). The Morgan fingerprint density at radius 2 is 1.96 bits per heavy atom. The van der Waals surface area contributed by atoms with Crippen molar-refractivity contribution in [2.75, 3.05) is 5.32 Å².